The molecule has 1 fully saturated rings. The van der Waals surface area contributed by atoms with Crippen LogP contribution in [0.25, 0.3) is 10.8 Å². The number of imidazole rings is 1. The summed E-state index contributed by atoms with van der Waals surface area (Å²) in [7, 11) is 0. The van der Waals surface area contributed by atoms with Crippen LogP contribution in [-0.2, 0) is 135 Å². The zero-order chi connectivity index (χ0) is 101. The number of H-pyrrole nitrogens is 1. The number of thioether (sulfide) groups is 1. The Labute approximate surface area is 792 Å². The van der Waals surface area contributed by atoms with Gasteiger partial charge in [-0.1, -0.05) is 61.4 Å². The number of amides is 15. The maximum Gasteiger partial charge on any atom is 0.328 e. The fourth-order valence-electron chi connectivity index (χ4n) is 14.5. The number of ether oxygens (including phenoxy) is 1. The van der Waals surface area contributed by atoms with Gasteiger partial charge in [0.15, 0.2) is 6.04 Å². The number of urea groups is 1. The van der Waals surface area contributed by atoms with E-state index in [2.05, 4.69) is 110 Å². The first-order valence-electron chi connectivity index (χ1n) is 44.9. The molecule has 8 rings (SSSR count). The normalized spacial score (nSPS) is 22.0. The molecule has 2 aliphatic heterocycles. The van der Waals surface area contributed by atoms with Crippen molar-refractivity contribution in [2.45, 2.75) is 279 Å². The molecule has 1 unspecified atom stereocenters. The number of aliphatic hydroxyl groups excluding tert-OH is 1. The second kappa shape index (κ2) is 54.4. The maximum absolute atomic E-state index is 15.4. The van der Waals surface area contributed by atoms with Gasteiger partial charge >= 0.3 is 41.8 Å². The van der Waals surface area contributed by atoms with Crippen molar-refractivity contribution in [1.29, 1.82) is 0 Å². The number of pyridine rings is 1. The van der Waals surface area contributed by atoms with Crippen LogP contribution in [0, 0.1) is 11.8 Å². The number of carboxylic acid groups (broad SMARTS) is 6. The Kier molecular flexibility index (Phi) is 42.9. The highest BCUT2D eigenvalue weighted by Crippen LogP contribution is 2.34. The van der Waals surface area contributed by atoms with Gasteiger partial charge in [-0.05, 0) is 126 Å². The van der Waals surface area contributed by atoms with E-state index in [0.29, 0.717) is 35.4 Å². The van der Waals surface area contributed by atoms with Gasteiger partial charge in [0, 0.05) is 81.3 Å². The van der Waals surface area contributed by atoms with Crippen molar-refractivity contribution in [2.75, 3.05) is 18.9 Å². The van der Waals surface area contributed by atoms with Crippen LogP contribution < -0.4 is 79.8 Å². The molecule has 0 spiro atoms. The van der Waals surface area contributed by atoms with E-state index in [1.807, 2.05) is 5.32 Å². The number of aryl methyl sites for hydroxylation is 3. The smallest absolute Gasteiger partial charge is 0.328 e. The van der Waals surface area contributed by atoms with Crippen LogP contribution in [0.2, 0.25) is 0 Å². The molecule has 138 heavy (non-hydrogen) atoms. The Balaban J connectivity index is 1.12. The monoisotopic (exact) mass is 1950 g/mol. The number of aliphatic hydroxyl groups is 1. The van der Waals surface area contributed by atoms with Crippen molar-refractivity contribution in [1.82, 2.24) is 125 Å². The molecule has 52 nitrogen and oxygen atoms in total. The van der Waals surface area contributed by atoms with Gasteiger partial charge < -0.3 is 125 Å². The molecule has 1 aromatic carbocycles. The predicted molar refractivity (Wildman–Crippen MR) is 478 cm³/mol. The van der Waals surface area contributed by atoms with Crippen LogP contribution in [0.15, 0.2) is 61.4 Å². The molecule has 0 saturated heterocycles. The van der Waals surface area contributed by atoms with Gasteiger partial charge in [-0.15, -0.1) is 22.0 Å². The van der Waals surface area contributed by atoms with Crippen LogP contribution in [0.4, 0.5) is 4.79 Å². The molecule has 15 amide bonds. The third-order valence-corrected chi connectivity index (χ3v) is 23.5. The molecule has 6 heterocycles. The fraction of sp³-hybridized carbons (Fsp3) is 0.576. The summed E-state index contributed by atoms with van der Waals surface area (Å²) in [4.78, 5) is 287. The van der Waals surface area contributed by atoms with Crippen LogP contribution in [-0.4, -0.2) is 308 Å². The number of unbranched alkanes of at least 4 members (excludes halogenated alkanes) is 1. The summed E-state index contributed by atoms with van der Waals surface area (Å²) < 4.78 is 8.48. The number of fused-ring (bicyclic) bond motifs is 7. The van der Waals surface area contributed by atoms with Gasteiger partial charge in [-0.3, -0.25) is 91.1 Å². The molecule has 1 saturated carbocycles. The average molecular weight is 1960 g/mol. The summed E-state index contributed by atoms with van der Waals surface area (Å²) in [5, 5.41) is 122. The number of aromatic nitrogens is 9. The number of rotatable bonds is 37. The number of carboxylic acids is 6. The molecular formula is C85H118N24O28S. The molecular weight excluding hydrogens is 1840 g/mol. The maximum atomic E-state index is 15.4. The molecule has 4 aromatic heterocycles. The first-order valence-corrected chi connectivity index (χ1v) is 46.0. The van der Waals surface area contributed by atoms with E-state index in [0.717, 1.165) is 6.92 Å². The minimum atomic E-state index is -2.05. The molecule has 3 aliphatic rings. The molecule has 0 radical (unpaired) electrons. The molecule has 15 atom stereocenters. The standard InChI is InChI=1S/C85H118N24O28S/c1-43(2)70-81(129)98-61(33-50-32-47-11-5-6-12-48(47)36-87-50)79(127)95-57(78(126)103-71(45(4)110)84(134)135)26-30-138-66(101-76(124)55(20-23-68(116)117)91-63(111)25-29-137-41-52-40-109(107-105-52)28-10-8-14-58(82(130)131)99-85(136)100-59(83(132)133)21-24-69(118)119)35-64(112)90-44(3)72(120)93-56-18-17-49-39-108(106-104-49)27-9-7-13-53(77(125)102-70)94-74(122)54(19-22-67(114)115)92-65(113)38-88-73(121)60(31-46-15-16-46)96-80(128)62(97-75(56)123)34-51-37-86-42-89-51/h5-6,11-12,32,36-37,39-40,42-46,53-62,66,70-71,110H,7-10,13-31,33-35,38,41H2,1-4H3,(H,86,89)(H,88,121)(H,90,112)(H,91,111)(H,92,113)(H,93,120)(H,94,122)(H,95,127)(H,96,128)(H,97,123)(H,98,129)(H,101,124)(H,102,125)(H,103,126)(H,114,115)(H,116,117)(H,118,119)(H,130,131)(H,132,133)(H,134,135)(H2,99,100,136)/t44-,45?,53-,54-,55-,56-,57-,58-,59-,60-,61-,62-,66+,70-,71-/m0/s1. The summed E-state index contributed by atoms with van der Waals surface area (Å²) in [5.41, 5.74) is 0.879. The van der Waals surface area contributed by atoms with E-state index in [1.54, 1.807) is 30.3 Å². The lowest BCUT2D eigenvalue weighted by Crippen LogP contribution is -2.61. The zero-order valence-corrected chi connectivity index (χ0v) is 76.9. The van der Waals surface area contributed by atoms with Crippen LogP contribution in [0.3, 0.4) is 0 Å². The van der Waals surface area contributed by atoms with Crippen molar-refractivity contribution in [2.24, 2.45) is 11.8 Å². The summed E-state index contributed by atoms with van der Waals surface area (Å²) in [6, 6.07) is -14.3. The van der Waals surface area contributed by atoms with E-state index in [1.165, 1.54) is 61.2 Å². The van der Waals surface area contributed by atoms with Crippen molar-refractivity contribution < 1.29 is 136 Å². The molecule has 4 bridgehead atoms. The lowest BCUT2D eigenvalue weighted by Gasteiger charge is -2.29. The first-order chi connectivity index (χ1) is 65.6. The van der Waals surface area contributed by atoms with Crippen molar-refractivity contribution >= 4 is 141 Å². The molecule has 53 heteroatoms. The topological polar surface area (TPSA) is 776 Å². The highest BCUT2D eigenvalue weighted by molar-refractivity contribution is 7.99. The van der Waals surface area contributed by atoms with Crippen molar-refractivity contribution in [3.8, 4) is 0 Å². The highest BCUT2D eigenvalue weighted by Gasteiger charge is 2.40. The summed E-state index contributed by atoms with van der Waals surface area (Å²) in [5.74, 6) is -23.8. The first kappa shape index (κ1) is 109. The van der Waals surface area contributed by atoms with Crippen LogP contribution in [0.5, 0.6) is 0 Å². The number of aromatic amines is 1. The quantitative estimate of drug-likeness (QED) is 0.0167. The number of benzene rings is 1. The minimum absolute atomic E-state index is 0.0264. The van der Waals surface area contributed by atoms with Crippen molar-refractivity contribution in [3.63, 3.8) is 0 Å². The molecule has 752 valence electrons. The van der Waals surface area contributed by atoms with E-state index in [-0.39, 0.29) is 119 Å². The second-order valence-corrected chi connectivity index (χ2v) is 35.2. The number of aliphatic carboxylic acids is 6. The Morgan fingerprint density at radius 1 is 0.572 bits per heavy atom. The molecule has 23 N–H and O–H groups in total. The lowest BCUT2D eigenvalue weighted by atomic mass is 10.00. The Morgan fingerprint density at radius 2 is 1.21 bits per heavy atom. The summed E-state index contributed by atoms with van der Waals surface area (Å²) >= 11 is 0.676. The third kappa shape index (κ3) is 37.3. The van der Waals surface area contributed by atoms with Crippen LogP contribution >= 0.6 is 11.8 Å². The van der Waals surface area contributed by atoms with Gasteiger partial charge in [-0.2, -0.15) is 0 Å². The number of carbonyl (C=O) groups excluding carboxylic acids is 14. The van der Waals surface area contributed by atoms with Crippen molar-refractivity contribution in [3.05, 3.63) is 84.2 Å². The second-order valence-electron chi connectivity index (χ2n) is 33.9. The van der Waals surface area contributed by atoms with Gasteiger partial charge in [0.2, 0.25) is 76.8 Å². The van der Waals surface area contributed by atoms with E-state index in [4.69, 9.17) is 9.84 Å². The van der Waals surface area contributed by atoms with Gasteiger partial charge in [0.25, 0.3) is 0 Å². The number of hydrogen-bond acceptors (Lipinski definition) is 29. The van der Waals surface area contributed by atoms with Gasteiger partial charge in [-0.25, -0.2) is 24.2 Å². The predicted octanol–water partition coefficient (Wildman–Crippen LogP) is -4.32. The SMILES string of the molecule is CC(C)[C@@H]1NC(=O)[C@@H]2CCCCn3cc(nn3)CC[C@H](NC(=O)[C@H](C)NC(=O)C[C@H](NC(=O)[C@H](CCC(=O)O)NC(=O)CCOCc3cn(CCCC[C@H](NC(=O)N[C@@H](CCC(=O)O)C(=O)O)C(=O)O)nn3)SCC[C@@H](C(=O)N[C@H](C(=O)O)C(C)O)NC(=O)[C@H](Cc3cc4ccccc4cn3)NC1=O)C(=O)N[C@@H](Cc1c[nH]cn1)C(=O)N[C@@H](CC1CC1)C(=O)NCC(=O)N[C@@H](CCC(=O)O)C(=O)N2. The van der Waals surface area contributed by atoms with Crippen LogP contribution in [0.1, 0.15) is 172 Å². The van der Waals surface area contributed by atoms with E-state index < -0.39 is 291 Å². The summed E-state index contributed by atoms with van der Waals surface area (Å²) in [6.07, 6.45) is 0.203. The van der Waals surface area contributed by atoms with Gasteiger partial charge in [0.05, 0.1) is 61.6 Å². The number of carbonyl (C=O) groups is 20. The van der Waals surface area contributed by atoms with E-state index in [9.17, 15) is 107 Å². The van der Waals surface area contributed by atoms with Gasteiger partial charge in [0.1, 0.15) is 78.2 Å². The Morgan fingerprint density at radius 3 is 1.87 bits per heavy atom. The molecule has 1 aliphatic carbocycles. The largest absolute Gasteiger partial charge is 0.481 e. The summed E-state index contributed by atoms with van der Waals surface area (Å²) in [6.45, 7) is 4.07. The Bertz CT molecular complexity index is 5130. The average Bonchev–Trinajstić information content (AvgIpc) is 0.905. The fourth-order valence-corrected chi connectivity index (χ4v) is 15.7. The van der Waals surface area contributed by atoms with E-state index >= 15 is 19.2 Å². The Hall–Kier alpha value is -14.4. The highest BCUT2D eigenvalue weighted by atomic mass is 32.2. The minimum Gasteiger partial charge on any atom is -0.481 e. The zero-order valence-electron chi connectivity index (χ0n) is 76.1. The lowest BCUT2D eigenvalue weighted by molar-refractivity contribution is -0.145. The molecule has 5 aromatic rings. The number of nitrogens with one attached hydrogen (secondary N) is 16. The number of nitrogens with zero attached hydrogens (tertiary/aromatic N) is 8. The third-order valence-electron chi connectivity index (χ3n) is 22.3. The number of hydrogen-bond donors (Lipinski definition) is 23.